The topological polar surface area (TPSA) is 40.7 Å². The summed E-state index contributed by atoms with van der Waals surface area (Å²) >= 11 is 5.25. The predicted molar refractivity (Wildman–Crippen MR) is 97.0 cm³/mol. The minimum absolute atomic E-state index is 0.787. The van der Waals surface area contributed by atoms with Crippen LogP contribution >= 0.6 is 27.3 Å². The summed E-state index contributed by atoms with van der Waals surface area (Å²) in [6, 6.07) is 12.8. The Kier molecular flexibility index (Phi) is 5.08. The Labute approximate surface area is 142 Å². The van der Waals surface area contributed by atoms with Crippen LogP contribution in [0.1, 0.15) is 19.2 Å². The van der Waals surface area contributed by atoms with Gasteiger partial charge in [0.25, 0.3) is 0 Å². The van der Waals surface area contributed by atoms with Gasteiger partial charge in [-0.05, 0) is 52.2 Å². The summed E-state index contributed by atoms with van der Waals surface area (Å²) in [4.78, 5) is 9.07. The van der Waals surface area contributed by atoms with E-state index in [1.165, 1.54) is 10.4 Å². The van der Waals surface area contributed by atoms with Gasteiger partial charge in [0.1, 0.15) is 5.82 Å². The molecule has 0 fully saturated rings. The van der Waals surface area contributed by atoms with Crippen LogP contribution in [0.5, 0.6) is 0 Å². The zero-order valence-electron chi connectivity index (χ0n) is 12.4. The number of thiophene rings is 1. The highest BCUT2D eigenvalue weighted by atomic mass is 79.9. The van der Waals surface area contributed by atoms with Crippen molar-refractivity contribution in [3.63, 3.8) is 0 Å². The molecule has 22 heavy (non-hydrogen) atoms. The van der Waals surface area contributed by atoms with Crippen molar-refractivity contribution in [3.8, 4) is 21.7 Å². The maximum Gasteiger partial charge on any atom is 0.120 e. The zero-order valence-corrected chi connectivity index (χ0v) is 14.8. The van der Waals surface area contributed by atoms with Crippen molar-refractivity contribution in [1.82, 2.24) is 15.3 Å². The van der Waals surface area contributed by atoms with Crippen molar-refractivity contribution in [2.75, 3.05) is 6.54 Å². The fourth-order valence-electron chi connectivity index (χ4n) is 2.27. The molecule has 0 amide bonds. The molecule has 3 nitrogen and oxygen atoms in total. The smallest absolute Gasteiger partial charge is 0.120 e. The molecule has 5 heteroatoms. The van der Waals surface area contributed by atoms with Gasteiger partial charge in [-0.25, -0.2) is 4.98 Å². The lowest BCUT2D eigenvalue weighted by atomic mass is 10.1. The number of imidazole rings is 1. The van der Waals surface area contributed by atoms with E-state index in [1.54, 1.807) is 11.3 Å². The Balaban J connectivity index is 1.72. The molecule has 0 unspecified atom stereocenters. The third kappa shape index (κ3) is 3.66. The number of nitrogens with zero attached hydrogens (tertiary/aromatic N) is 1. The van der Waals surface area contributed by atoms with Crippen LogP contribution in [0.4, 0.5) is 0 Å². The minimum atomic E-state index is 0.787. The minimum Gasteiger partial charge on any atom is -0.341 e. The van der Waals surface area contributed by atoms with Gasteiger partial charge < -0.3 is 10.3 Å². The normalized spacial score (nSPS) is 11.0. The van der Waals surface area contributed by atoms with Gasteiger partial charge >= 0.3 is 0 Å². The summed E-state index contributed by atoms with van der Waals surface area (Å²) in [5.41, 5.74) is 3.46. The second kappa shape index (κ2) is 7.22. The molecule has 0 bridgehead atoms. The number of benzene rings is 1. The fourth-order valence-corrected chi connectivity index (χ4v) is 3.66. The van der Waals surface area contributed by atoms with Crippen molar-refractivity contribution in [2.24, 2.45) is 0 Å². The number of rotatable bonds is 6. The summed E-state index contributed by atoms with van der Waals surface area (Å²) in [5.74, 6) is 0.981. The molecule has 3 aromatic rings. The molecule has 0 aliphatic rings. The van der Waals surface area contributed by atoms with Crippen molar-refractivity contribution < 1.29 is 0 Å². The average molecular weight is 376 g/mol. The summed E-state index contributed by atoms with van der Waals surface area (Å²) in [6.07, 6.45) is 3.04. The molecule has 0 saturated carbocycles. The molecule has 0 aliphatic heterocycles. The van der Waals surface area contributed by atoms with Gasteiger partial charge in [0.05, 0.1) is 22.2 Å². The van der Waals surface area contributed by atoms with Crippen molar-refractivity contribution >= 4 is 27.3 Å². The molecule has 2 heterocycles. The van der Waals surface area contributed by atoms with Crippen molar-refractivity contribution in [3.05, 3.63) is 52.2 Å². The van der Waals surface area contributed by atoms with E-state index in [-0.39, 0.29) is 0 Å². The molecule has 114 valence electrons. The van der Waals surface area contributed by atoms with Crippen LogP contribution in [0.25, 0.3) is 21.7 Å². The Morgan fingerprint density at radius 1 is 1.14 bits per heavy atom. The standard InChI is InChI=1S/C17H18BrN3S/c1-2-9-19-11-17-20-10-14(21-17)12-3-5-13(6-4-12)15-7-8-16(18)22-15/h3-8,10,19H,2,9,11H2,1H3,(H,20,21). The van der Waals surface area contributed by atoms with E-state index in [4.69, 9.17) is 0 Å². The molecular weight excluding hydrogens is 358 g/mol. The molecule has 0 radical (unpaired) electrons. The van der Waals surface area contributed by atoms with Gasteiger partial charge in [-0.1, -0.05) is 31.2 Å². The molecule has 2 N–H and O–H groups in total. The van der Waals surface area contributed by atoms with Gasteiger partial charge in [0.15, 0.2) is 0 Å². The Morgan fingerprint density at radius 2 is 1.91 bits per heavy atom. The lowest BCUT2D eigenvalue weighted by Crippen LogP contribution is -2.14. The maximum absolute atomic E-state index is 4.43. The van der Waals surface area contributed by atoms with Crippen molar-refractivity contribution in [2.45, 2.75) is 19.9 Å². The number of aromatic amines is 1. The number of halogens is 1. The quantitative estimate of drug-likeness (QED) is 0.590. The van der Waals surface area contributed by atoms with Crippen LogP contribution in [-0.2, 0) is 6.54 Å². The summed E-state index contributed by atoms with van der Waals surface area (Å²) in [5, 5.41) is 3.35. The zero-order chi connectivity index (χ0) is 15.4. The highest BCUT2D eigenvalue weighted by Gasteiger charge is 2.05. The third-order valence-electron chi connectivity index (χ3n) is 3.40. The number of nitrogens with one attached hydrogen (secondary N) is 2. The first-order valence-corrected chi connectivity index (χ1v) is 8.98. The molecule has 0 saturated heterocycles. The lowest BCUT2D eigenvalue weighted by Gasteiger charge is -2.01. The number of hydrogen-bond acceptors (Lipinski definition) is 3. The van der Waals surface area contributed by atoms with E-state index < -0.39 is 0 Å². The summed E-state index contributed by atoms with van der Waals surface area (Å²) < 4.78 is 1.16. The first-order chi connectivity index (χ1) is 10.8. The largest absolute Gasteiger partial charge is 0.341 e. The van der Waals surface area contributed by atoms with Crippen LogP contribution in [0, 0.1) is 0 Å². The Bertz CT molecular complexity index is 730. The SMILES string of the molecule is CCCNCc1ncc(-c2ccc(-c3ccc(Br)s3)cc2)[nH]1. The van der Waals surface area contributed by atoms with Gasteiger partial charge in [0.2, 0.25) is 0 Å². The van der Waals surface area contributed by atoms with Crippen LogP contribution in [-0.4, -0.2) is 16.5 Å². The molecule has 0 spiro atoms. The van der Waals surface area contributed by atoms with E-state index in [2.05, 4.69) is 74.5 Å². The van der Waals surface area contributed by atoms with Crippen molar-refractivity contribution in [1.29, 1.82) is 0 Å². The maximum atomic E-state index is 4.43. The predicted octanol–water partition coefficient (Wildman–Crippen LogP) is 5.07. The Hall–Kier alpha value is -1.43. The van der Waals surface area contributed by atoms with Crippen LogP contribution in [0.3, 0.4) is 0 Å². The fraction of sp³-hybridized carbons (Fsp3) is 0.235. The first-order valence-electron chi connectivity index (χ1n) is 7.37. The molecule has 2 aromatic heterocycles. The lowest BCUT2D eigenvalue weighted by molar-refractivity contribution is 0.655. The van der Waals surface area contributed by atoms with E-state index in [0.717, 1.165) is 40.4 Å². The molecular formula is C17H18BrN3S. The first kappa shape index (κ1) is 15.5. The highest BCUT2D eigenvalue weighted by molar-refractivity contribution is 9.11. The second-order valence-electron chi connectivity index (χ2n) is 5.10. The van der Waals surface area contributed by atoms with Crippen LogP contribution in [0.15, 0.2) is 46.4 Å². The average Bonchev–Trinajstić information content (AvgIpc) is 3.17. The van der Waals surface area contributed by atoms with E-state index >= 15 is 0 Å². The third-order valence-corrected chi connectivity index (χ3v) is 5.07. The summed E-state index contributed by atoms with van der Waals surface area (Å²) in [7, 11) is 0. The van der Waals surface area contributed by atoms with E-state index in [9.17, 15) is 0 Å². The van der Waals surface area contributed by atoms with Gasteiger partial charge in [-0.2, -0.15) is 0 Å². The number of H-pyrrole nitrogens is 1. The van der Waals surface area contributed by atoms with Gasteiger partial charge in [-0.3, -0.25) is 0 Å². The van der Waals surface area contributed by atoms with Crippen LogP contribution in [0.2, 0.25) is 0 Å². The molecule has 3 rings (SSSR count). The van der Waals surface area contributed by atoms with Gasteiger partial charge in [-0.15, -0.1) is 11.3 Å². The van der Waals surface area contributed by atoms with Gasteiger partial charge in [0, 0.05) is 4.88 Å². The molecule has 0 atom stereocenters. The number of aromatic nitrogens is 2. The number of hydrogen-bond donors (Lipinski definition) is 2. The monoisotopic (exact) mass is 375 g/mol. The van der Waals surface area contributed by atoms with E-state index in [1.807, 2.05) is 6.20 Å². The van der Waals surface area contributed by atoms with Crippen LogP contribution < -0.4 is 5.32 Å². The second-order valence-corrected chi connectivity index (χ2v) is 7.56. The molecule has 0 aliphatic carbocycles. The summed E-state index contributed by atoms with van der Waals surface area (Å²) in [6.45, 7) is 3.96. The highest BCUT2D eigenvalue weighted by Crippen LogP contribution is 2.32. The van der Waals surface area contributed by atoms with E-state index in [0.29, 0.717) is 0 Å². The Morgan fingerprint density at radius 3 is 2.59 bits per heavy atom. The molecule has 1 aromatic carbocycles.